The van der Waals surface area contributed by atoms with Gasteiger partial charge in [0.15, 0.2) is 0 Å². The van der Waals surface area contributed by atoms with E-state index in [1.165, 1.54) is 12.4 Å². The van der Waals surface area contributed by atoms with Crippen molar-refractivity contribution in [2.24, 2.45) is 0 Å². The first-order valence-electron chi connectivity index (χ1n) is 8.32. The van der Waals surface area contributed by atoms with Crippen LogP contribution >= 0.6 is 0 Å². The number of halogens is 1. The predicted octanol–water partition coefficient (Wildman–Crippen LogP) is 4.42. The molecule has 0 N–H and O–H groups in total. The molecule has 0 saturated carbocycles. The summed E-state index contributed by atoms with van der Waals surface area (Å²) in [4.78, 5) is 19.8. The van der Waals surface area contributed by atoms with Gasteiger partial charge in [-0.15, -0.1) is 0 Å². The quantitative estimate of drug-likeness (QED) is 0.642. The van der Waals surface area contributed by atoms with Crippen molar-refractivity contribution < 1.29 is 9.18 Å². The fourth-order valence-electron chi connectivity index (χ4n) is 2.77. The summed E-state index contributed by atoms with van der Waals surface area (Å²) in [6.07, 6.45) is 7.34. The Bertz CT molecular complexity index is 832. The van der Waals surface area contributed by atoms with Gasteiger partial charge in [0.2, 0.25) is 0 Å². The Morgan fingerprint density at radius 3 is 2.36 bits per heavy atom. The first kappa shape index (κ1) is 17.0. The van der Waals surface area contributed by atoms with Gasteiger partial charge < -0.3 is 0 Å². The van der Waals surface area contributed by atoms with Crippen molar-refractivity contribution in [3.63, 3.8) is 0 Å². The van der Waals surface area contributed by atoms with Crippen molar-refractivity contribution in [1.29, 1.82) is 0 Å². The van der Waals surface area contributed by atoms with Gasteiger partial charge in [0.25, 0.3) is 0 Å². The van der Waals surface area contributed by atoms with Crippen molar-refractivity contribution in [3.05, 3.63) is 84.2 Å². The Hall–Kier alpha value is -2.88. The van der Waals surface area contributed by atoms with Crippen LogP contribution in [0.4, 0.5) is 4.39 Å². The van der Waals surface area contributed by atoms with Crippen molar-refractivity contribution in [3.8, 4) is 11.1 Å². The van der Waals surface area contributed by atoms with Gasteiger partial charge in [-0.05, 0) is 35.6 Å². The molecule has 3 aromatic rings. The monoisotopic (exact) mass is 334 g/mol. The van der Waals surface area contributed by atoms with Gasteiger partial charge >= 0.3 is 0 Å². The molecule has 0 saturated heterocycles. The van der Waals surface area contributed by atoms with Crippen LogP contribution in [0.5, 0.6) is 0 Å². The molecule has 0 spiro atoms. The lowest BCUT2D eigenvalue weighted by Gasteiger charge is -2.06. The van der Waals surface area contributed by atoms with Gasteiger partial charge in [-0.1, -0.05) is 42.5 Å². The highest BCUT2D eigenvalue weighted by molar-refractivity contribution is 5.80. The minimum atomic E-state index is -0.217. The van der Waals surface area contributed by atoms with Gasteiger partial charge in [-0.2, -0.15) is 0 Å². The summed E-state index contributed by atoms with van der Waals surface area (Å²) < 4.78 is 13.8. The van der Waals surface area contributed by atoms with Crippen LogP contribution in [0.1, 0.15) is 24.0 Å². The number of Topliss-reactive ketones (excluding diaryl/α,β-unsaturated/α-hetero) is 1. The molecule has 126 valence electrons. The predicted molar refractivity (Wildman–Crippen MR) is 95.5 cm³/mol. The molecule has 3 nitrogen and oxygen atoms in total. The number of hydrogen-bond donors (Lipinski definition) is 0. The van der Waals surface area contributed by atoms with Gasteiger partial charge in [-0.25, -0.2) is 14.4 Å². The minimum absolute atomic E-state index is 0.192. The number of nitrogens with zero attached hydrogens (tertiary/aromatic N) is 2. The zero-order valence-electron chi connectivity index (χ0n) is 13.9. The molecule has 0 amide bonds. The van der Waals surface area contributed by atoms with Gasteiger partial charge in [0.1, 0.15) is 17.9 Å². The summed E-state index contributed by atoms with van der Waals surface area (Å²) in [7, 11) is 0. The molecule has 0 fully saturated rings. The third-order valence-electron chi connectivity index (χ3n) is 4.08. The highest BCUT2D eigenvalue weighted by Crippen LogP contribution is 2.23. The fraction of sp³-hybridized carbons (Fsp3) is 0.190. The van der Waals surface area contributed by atoms with Crippen LogP contribution < -0.4 is 0 Å². The van der Waals surface area contributed by atoms with Crippen LogP contribution in [0.3, 0.4) is 0 Å². The number of ketones is 1. The molecule has 0 aliphatic heterocycles. The molecule has 25 heavy (non-hydrogen) atoms. The van der Waals surface area contributed by atoms with Crippen LogP contribution in [0.2, 0.25) is 0 Å². The first-order chi connectivity index (χ1) is 12.2. The summed E-state index contributed by atoms with van der Waals surface area (Å²) in [5, 5.41) is 0. The summed E-state index contributed by atoms with van der Waals surface area (Å²) in [5.41, 5.74) is 3.47. The first-order valence-corrected chi connectivity index (χ1v) is 8.32. The van der Waals surface area contributed by atoms with Crippen molar-refractivity contribution >= 4 is 5.78 Å². The Morgan fingerprint density at radius 1 is 0.920 bits per heavy atom. The third-order valence-corrected chi connectivity index (χ3v) is 4.08. The summed E-state index contributed by atoms with van der Waals surface area (Å²) in [6, 6.07) is 14.6. The second-order valence-corrected chi connectivity index (χ2v) is 5.99. The van der Waals surface area contributed by atoms with Crippen molar-refractivity contribution in [1.82, 2.24) is 9.97 Å². The molecule has 0 aliphatic carbocycles. The Kier molecular flexibility index (Phi) is 5.62. The van der Waals surface area contributed by atoms with Crippen LogP contribution in [0.25, 0.3) is 11.1 Å². The molecular weight excluding hydrogens is 315 g/mol. The van der Waals surface area contributed by atoms with Crippen LogP contribution in [0.15, 0.2) is 67.3 Å². The number of rotatable bonds is 7. The van der Waals surface area contributed by atoms with E-state index in [0.29, 0.717) is 18.4 Å². The van der Waals surface area contributed by atoms with E-state index in [1.807, 2.05) is 30.3 Å². The van der Waals surface area contributed by atoms with E-state index in [9.17, 15) is 9.18 Å². The van der Waals surface area contributed by atoms with Gasteiger partial charge in [0.05, 0.1) is 0 Å². The Labute approximate surface area is 146 Å². The van der Waals surface area contributed by atoms with E-state index in [4.69, 9.17) is 0 Å². The van der Waals surface area contributed by atoms with Gasteiger partial charge in [0, 0.05) is 30.8 Å². The van der Waals surface area contributed by atoms with Crippen LogP contribution in [-0.4, -0.2) is 15.8 Å². The van der Waals surface area contributed by atoms with E-state index in [1.54, 1.807) is 24.5 Å². The van der Waals surface area contributed by atoms with E-state index in [-0.39, 0.29) is 11.6 Å². The highest BCUT2D eigenvalue weighted by atomic mass is 19.1. The largest absolute Gasteiger partial charge is 0.299 e. The number of carbonyl (C=O) groups excluding carboxylic acids is 1. The fourth-order valence-corrected chi connectivity index (χ4v) is 2.77. The average Bonchev–Trinajstić information content (AvgIpc) is 2.64. The maximum absolute atomic E-state index is 13.8. The summed E-state index contributed by atoms with van der Waals surface area (Å²) >= 11 is 0. The normalized spacial score (nSPS) is 10.6. The molecule has 0 atom stereocenters. The molecule has 0 radical (unpaired) electrons. The lowest BCUT2D eigenvalue weighted by molar-refractivity contribution is -0.118. The number of aromatic nitrogens is 2. The highest BCUT2D eigenvalue weighted by Gasteiger charge is 2.06. The molecule has 4 heteroatoms. The van der Waals surface area contributed by atoms with E-state index in [2.05, 4.69) is 9.97 Å². The third kappa shape index (κ3) is 4.80. The minimum Gasteiger partial charge on any atom is -0.299 e. The molecule has 0 unspecified atom stereocenters. The molecule has 2 aromatic carbocycles. The van der Waals surface area contributed by atoms with E-state index >= 15 is 0 Å². The average molecular weight is 334 g/mol. The van der Waals surface area contributed by atoms with Crippen LogP contribution in [-0.2, 0) is 17.6 Å². The number of aryl methyl sites for hydroxylation is 1. The zero-order valence-corrected chi connectivity index (χ0v) is 13.9. The Morgan fingerprint density at radius 2 is 1.64 bits per heavy atom. The topological polar surface area (TPSA) is 42.9 Å². The number of carbonyl (C=O) groups is 1. The van der Waals surface area contributed by atoms with Crippen molar-refractivity contribution in [2.45, 2.75) is 25.7 Å². The number of benzene rings is 2. The summed E-state index contributed by atoms with van der Waals surface area (Å²) in [5.74, 6) is -0.0245. The van der Waals surface area contributed by atoms with Crippen molar-refractivity contribution in [2.75, 3.05) is 0 Å². The molecule has 0 bridgehead atoms. The van der Waals surface area contributed by atoms with E-state index < -0.39 is 0 Å². The zero-order chi connectivity index (χ0) is 17.5. The van der Waals surface area contributed by atoms with Crippen LogP contribution in [0, 0.1) is 5.82 Å². The second-order valence-electron chi connectivity index (χ2n) is 5.99. The SMILES string of the molecule is O=C(CCCc1ccc(-c2ccccc2F)cc1)Cc1cncnc1. The molecule has 1 aromatic heterocycles. The molecular formula is C21H19FN2O. The Balaban J connectivity index is 1.51. The second kappa shape index (κ2) is 8.29. The molecule has 0 aliphatic rings. The molecule has 1 heterocycles. The summed E-state index contributed by atoms with van der Waals surface area (Å²) in [6.45, 7) is 0. The van der Waals surface area contributed by atoms with E-state index in [0.717, 1.165) is 29.5 Å². The lowest BCUT2D eigenvalue weighted by atomic mass is 10.00. The maximum atomic E-state index is 13.8. The smallest absolute Gasteiger partial charge is 0.137 e. The lowest BCUT2D eigenvalue weighted by Crippen LogP contribution is -2.04. The maximum Gasteiger partial charge on any atom is 0.137 e. The number of hydrogen-bond acceptors (Lipinski definition) is 3. The standard InChI is InChI=1S/C21H19FN2O/c22-21-7-2-1-6-20(21)18-10-8-16(9-11-18)4-3-5-19(25)12-17-13-23-15-24-14-17/h1-2,6-11,13-15H,3-5,12H2. The van der Waals surface area contributed by atoms with Gasteiger partial charge in [-0.3, -0.25) is 4.79 Å². The molecule has 3 rings (SSSR count).